The van der Waals surface area contributed by atoms with E-state index in [1.54, 1.807) is 13.2 Å². The van der Waals surface area contributed by atoms with E-state index in [1.165, 1.54) is 0 Å². The fourth-order valence-corrected chi connectivity index (χ4v) is 1.81. The molecule has 0 atom stereocenters. The first-order valence-corrected chi connectivity index (χ1v) is 4.90. The lowest BCUT2D eigenvalue weighted by molar-refractivity contribution is 0.251. The number of benzene rings is 1. The minimum atomic E-state index is -0.0887. The molecule has 1 aromatic carbocycles. The maximum absolute atomic E-state index is 8.90. The van der Waals surface area contributed by atoms with Crippen molar-refractivity contribution in [1.29, 1.82) is 0 Å². The van der Waals surface area contributed by atoms with Gasteiger partial charge in [-0.05, 0) is 34.1 Å². The van der Waals surface area contributed by atoms with Crippen LogP contribution >= 0.6 is 15.9 Å². The highest BCUT2D eigenvalue weighted by molar-refractivity contribution is 9.10. The van der Waals surface area contributed by atoms with Gasteiger partial charge in [-0.3, -0.25) is 0 Å². The molecule has 0 bridgehead atoms. The van der Waals surface area contributed by atoms with Crippen LogP contribution in [0.5, 0.6) is 5.75 Å². The second-order valence-corrected chi connectivity index (χ2v) is 3.75. The monoisotopic (exact) mass is 256 g/mol. The van der Waals surface area contributed by atoms with Crippen LogP contribution in [0, 0.1) is 0 Å². The zero-order valence-electron chi connectivity index (χ0n) is 7.58. The third kappa shape index (κ3) is 1.51. The standard InChI is InChI=1S/C10H9BrO3/c1-13-10-3-6-2-7(5-12)14-9(6)4-8(10)11/h2-4,12H,5H2,1H3. The molecule has 3 nitrogen and oxygen atoms in total. The van der Waals surface area contributed by atoms with E-state index in [-0.39, 0.29) is 6.61 Å². The molecule has 0 amide bonds. The van der Waals surface area contributed by atoms with Crippen molar-refractivity contribution in [2.45, 2.75) is 6.61 Å². The van der Waals surface area contributed by atoms with Crippen LogP contribution in [0.25, 0.3) is 11.0 Å². The SMILES string of the molecule is COc1cc2cc(CO)oc2cc1Br. The number of hydrogen-bond acceptors (Lipinski definition) is 3. The Bertz CT molecular complexity index is 462. The van der Waals surface area contributed by atoms with Crippen molar-refractivity contribution in [3.8, 4) is 5.75 Å². The molecule has 2 aromatic rings. The molecule has 2 rings (SSSR count). The van der Waals surface area contributed by atoms with Gasteiger partial charge in [0.05, 0.1) is 11.6 Å². The number of furan rings is 1. The topological polar surface area (TPSA) is 42.6 Å². The lowest BCUT2D eigenvalue weighted by atomic mass is 10.2. The number of aliphatic hydroxyl groups excluding tert-OH is 1. The molecule has 0 saturated heterocycles. The van der Waals surface area contributed by atoms with E-state index in [0.29, 0.717) is 5.76 Å². The van der Waals surface area contributed by atoms with Crippen molar-refractivity contribution in [1.82, 2.24) is 0 Å². The number of ether oxygens (including phenoxy) is 1. The van der Waals surface area contributed by atoms with Crippen molar-refractivity contribution in [3.63, 3.8) is 0 Å². The molecule has 0 radical (unpaired) electrons. The van der Waals surface area contributed by atoms with E-state index in [2.05, 4.69) is 15.9 Å². The summed E-state index contributed by atoms with van der Waals surface area (Å²) >= 11 is 3.36. The molecule has 0 fully saturated rings. The van der Waals surface area contributed by atoms with Crippen molar-refractivity contribution in [2.24, 2.45) is 0 Å². The van der Waals surface area contributed by atoms with Gasteiger partial charge in [0.15, 0.2) is 0 Å². The molecule has 0 saturated carbocycles. The number of rotatable bonds is 2. The van der Waals surface area contributed by atoms with Gasteiger partial charge in [-0.2, -0.15) is 0 Å². The summed E-state index contributed by atoms with van der Waals surface area (Å²) in [5.41, 5.74) is 0.738. The number of fused-ring (bicyclic) bond motifs is 1. The lowest BCUT2D eigenvalue weighted by Crippen LogP contribution is -1.82. The maximum atomic E-state index is 8.90. The van der Waals surface area contributed by atoms with E-state index < -0.39 is 0 Å². The zero-order valence-corrected chi connectivity index (χ0v) is 9.17. The number of aliphatic hydroxyl groups is 1. The van der Waals surface area contributed by atoms with Crippen molar-refractivity contribution in [3.05, 3.63) is 28.4 Å². The molecule has 0 aliphatic carbocycles. The second-order valence-electron chi connectivity index (χ2n) is 2.90. The normalized spacial score (nSPS) is 10.8. The molecule has 4 heteroatoms. The number of halogens is 1. The van der Waals surface area contributed by atoms with Gasteiger partial charge >= 0.3 is 0 Å². The van der Waals surface area contributed by atoms with Crippen LogP contribution in [0.1, 0.15) is 5.76 Å². The summed E-state index contributed by atoms with van der Waals surface area (Å²) in [6.07, 6.45) is 0. The highest BCUT2D eigenvalue weighted by Crippen LogP contribution is 2.31. The minimum absolute atomic E-state index is 0.0887. The van der Waals surface area contributed by atoms with E-state index in [4.69, 9.17) is 14.3 Å². The molecule has 14 heavy (non-hydrogen) atoms. The van der Waals surface area contributed by atoms with Gasteiger partial charge in [0.1, 0.15) is 23.7 Å². The van der Waals surface area contributed by atoms with Crippen LogP contribution in [0.3, 0.4) is 0 Å². The first-order valence-electron chi connectivity index (χ1n) is 4.11. The van der Waals surface area contributed by atoms with E-state index >= 15 is 0 Å². The summed E-state index contributed by atoms with van der Waals surface area (Å²) in [6.45, 7) is -0.0887. The van der Waals surface area contributed by atoms with Crippen LogP contribution in [0.4, 0.5) is 0 Å². The van der Waals surface area contributed by atoms with E-state index in [9.17, 15) is 0 Å². The maximum Gasteiger partial charge on any atom is 0.135 e. The Hall–Kier alpha value is -1.00. The summed E-state index contributed by atoms with van der Waals surface area (Å²) < 4.78 is 11.3. The van der Waals surface area contributed by atoms with Crippen LogP contribution < -0.4 is 4.74 Å². The Balaban J connectivity index is 2.64. The first-order chi connectivity index (χ1) is 6.74. The van der Waals surface area contributed by atoms with Gasteiger partial charge in [-0.25, -0.2) is 0 Å². The van der Waals surface area contributed by atoms with Gasteiger partial charge in [-0.1, -0.05) is 0 Å². The summed E-state index contributed by atoms with van der Waals surface area (Å²) in [5, 5.41) is 9.82. The van der Waals surface area contributed by atoms with Gasteiger partial charge in [0.2, 0.25) is 0 Å². The number of methoxy groups -OCH3 is 1. The molecule has 1 heterocycles. The molecular formula is C10H9BrO3. The molecule has 74 valence electrons. The quantitative estimate of drug-likeness (QED) is 0.899. The Labute approximate surface area is 89.4 Å². The third-order valence-electron chi connectivity index (χ3n) is 2.00. The fraction of sp³-hybridized carbons (Fsp3) is 0.200. The predicted molar refractivity (Wildman–Crippen MR) is 56.4 cm³/mol. The molecule has 0 unspecified atom stereocenters. The van der Waals surface area contributed by atoms with Crippen molar-refractivity contribution < 1.29 is 14.3 Å². The third-order valence-corrected chi connectivity index (χ3v) is 2.62. The Morgan fingerprint density at radius 1 is 1.43 bits per heavy atom. The first kappa shape index (κ1) is 9.55. The molecule has 1 N–H and O–H groups in total. The number of hydrogen-bond donors (Lipinski definition) is 1. The van der Waals surface area contributed by atoms with Crippen LogP contribution in [0.15, 0.2) is 27.1 Å². The van der Waals surface area contributed by atoms with E-state index in [1.807, 2.05) is 12.1 Å². The molecule has 0 aliphatic heterocycles. The Kier molecular flexibility index (Phi) is 2.48. The molecular weight excluding hydrogens is 248 g/mol. The van der Waals surface area contributed by atoms with Gasteiger partial charge < -0.3 is 14.3 Å². The average molecular weight is 257 g/mol. The summed E-state index contributed by atoms with van der Waals surface area (Å²) in [5.74, 6) is 1.31. The van der Waals surface area contributed by atoms with E-state index in [0.717, 1.165) is 21.2 Å². The predicted octanol–water partition coefficient (Wildman–Crippen LogP) is 2.70. The lowest BCUT2D eigenvalue weighted by Gasteiger charge is -2.01. The second kappa shape index (κ2) is 3.63. The van der Waals surface area contributed by atoms with Crippen LogP contribution in [-0.4, -0.2) is 12.2 Å². The largest absolute Gasteiger partial charge is 0.496 e. The minimum Gasteiger partial charge on any atom is -0.496 e. The summed E-state index contributed by atoms with van der Waals surface area (Å²) in [4.78, 5) is 0. The van der Waals surface area contributed by atoms with Crippen molar-refractivity contribution in [2.75, 3.05) is 7.11 Å². The average Bonchev–Trinajstić information content (AvgIpc) is 2.58. The Morgan fingerprint density at radius 2 is 2.21 bits per heavy atom. The van der Waals surface area contributed by atoms with Crippen LogP contribution in [0.2, 0.25) is 0 Å². The smallest absolute Gasteiger partial charge is 0.135 e. The van der Waals surface area contributed by atoms with Gasteiger partial charge in [-0.15, -0.1) is 0 Å². The zero-order chi connectivity index (χ0) is 10.1. The Morgan fingerprint density at radius 3 is 2.86 bits per heavy atom. The van der Waals surface area contributed by atoms with Gasteiger partial charge in [0, 0.05) is 5.39 Å². The highest BCUT2D eigenvalue weighted by Gasteiger charge is 2.07. The van der Waals surface area contributed by atoms with Crippen molar-refractivity contribution >= 4 is 26.9 Å². The van der Waals surface area contributed by atoms with Gasteiger partial charge in [0.25, 0.3) is 0 Å². The summed E-state index contributed by atoms with van der Waals surface area (Å²) in [6, 6.07) is 5.49. The molecule has 0 aliphatic rings. The molecule has 1 aromatic heterocycles. The molecule has 0 spiro atoms. The summed E-state index contributed by atoms with van der Waals surface area (Å²) in [7, 11) is 1.61. The fourth-order valence-electron chi connectivity index (χ4n) is 1.33. The van der Waals surface area contributed by atoms with Crippen LogP contribution in [-0.2, 0) is 6.61 Å². The highest BCUT2D eigenvalue weighted by atomic mass is 79.9.